The second kappa shape index (κ2) is 4.43. The van der Waals surface area contributed by atoms with E-state index in [-0.39, 0.29) is 0 Å². The van der Waals surface area contributed by atoms with Gasteiger partial charge >= 0.3 is 0 Å². The molecule has 1 heterocycles. The van der Waals surface area contributed by atoms with E-state index in [9.17, 15) is 0 Å². The highest BCUT2D eigenvalue weighted by atomic mass is 16.5. The summed E-state index contributed by atoms with van der Waals surface area (Å²) in [4.78, 5) is 4.41. The smallest absolute Gasteiger partial charge is 0.239 e. The van der Waals surface area contributed by atoms with Crippen molar-refractivity contribution in [2.24, 2.45) is 11.8 Å². The number of hydrogen-bond acceptors (Lipinski definition) is 4. The largest absolute Gasteiger partial charge is 0.476 e. The van der Waals surface area contributed by atoms with Gasteiger partial charge in [-0.2, -0.15) is 4.98 Å². The van der Waals surface area contributed by atoms with Crippen molar-refractivity contribution in [3.05, 3.63) is 12.1 Å². The van der Waals surface area contributed by atoms with Gasteiger partial charge in [0.25, 0.3) is 0 Å². The summed E-state index contributed by atoms with van der Waals surface area (Å²) in [6, 6.07) is 3.78. The SMILES string of the molecule is Nc1ccc(NCC2CC2)nc1OCC1CC1. The molecule has 1 aromatic rings. The van der Waals surface area contributed by atoms with E-state index in [1.54, 1.807) is 0 Å². The van der Waals surface area contributed by atoms with Crippen LogP contribution in [0.1, 0.15) is 25.7 Å². The number of pyridine rings is 1. The fraction of sp³-hybridized carbons (Fsp3) is 0.615. The van der Waals surface area contributed by atoms with Crippen molar-refractivity contribution >= 4 is 11.5 Å². The molecule has 2 fully saturated rings. The van der Waals surface area contributed by atoms with Crippen molar-refractivity contribution < 1.29 is 4.74 Å². The predicted molar refractivity (Wildman–Crippen MR) is 68.1 cm³/mol. The Bertz CT molecular complexity index is 400. The van der Waals surface area contributed by atoms with Crippen LogP contribution in [0, 0.1) is 11.8 Å². The van der Waals surface area contributed by atoms with E-state index in [2.05, 4.69) is 10.3 Å². The molecule has 4 nitrogen and oxygen atoms in total. The van der Waals surface area contributed by atoms with Gasteiger partial charge < -0.3 is 15.8 Å². The number of anilines is 2. The number of ether oxygens (including phenoxy) is 1. The predicted octanol–water partition coefficient (Wildman–Crippen LogP) is 2.27. The molecule has 4 heteroatoms. The average Bonchev–Trinajstić information content (AvgIpc) is 3.20. The third kappa shape index (κ3) is 3.02. The number of nitrogens with two attached hydrogens (primary N) is 1. The van der Waals surface area contributed by atoms with Gasteiger partial charge in [0.2, 0.25) is 5.88 Å². The Labute approximate surface area is 102 Å². The Balaban J connectivity index is 1.60. The highest BCUT2D eigenvalue weighted by molar-refractivity contribution is 5.53. The van der Waals surface area contributed by atoms with Crippen LogP contribution in [0.3, 0.4) is 0 Å². The third-order valence-corrected chi connectivity index (χ3v) is 3.31. The number of nitrogens with one attached hydrogen (secondary N) is 1. The topological polar surface area (TPSA) is 60.2 Å². The van der Waals surface area contributed by atoms with E-state index in [0.29, 0.717) is 11.6 Å². The van der Waals surface area contributed by atoms with Crippen molar-refractivity contribution in [2.45, 2.75) is 25.7 Å². The maximum absolute atomic E-state index is 5.85. The summed E-state index contributed by atoms with van der Waals surface area (Å²) in [5.74, 6) is 3.01. The van der Waals surface area contributed by atoms with Gasteiger partial charge in [0.1, 0.15) is 5.82 Å². The Kier molecular flexibility index (Phi) is 2.79. The molecule has 0 spiro atoms. The van der Waals surface area contributed by atoms with Gasteiger partial charge in [0.15, 0.2) is 0 Å². The summed E-state index contributed by atoms with van der Waals surface area (Å²) in [5.41, 5.74) is 6.48. The van der Waals surface area contributed by atoms with E-state index in [0.717, 1.165) is 30.8 Å². The van der Waals surface area contributed by atoms with Gasteiger partial charge in [-0.1, -0.05) is 0 Å². The first-order valence-corrected chi connectivity index (χ1v) is 6.44. The van der Waals surface area contributed by atoms with Crippen molar-refractivity contribution in [3.8, 4) is 5.88 Å². The van der Waals surface area contributed by atoms with Gasteiger partial charge in [0.05, 0.1) is 12.3 Å². The van der Waals surface area contributed by atoms with E-state index < -0.39 is 0 Å². The van der Waals surface area contributed by atoms with Crippen LogP contribution >= 0.6 is 0 Å². The first-order valence-electron chi connectivity index (χ1n) is 6.44. The summed E-state index contributed by atoms with van der Waals surface area (Å²) in [6.07, 6.45) is 5.24. The van der Waals surface area contributed by atoms with Crippen LogP contribution in [0.2, 0.25) is 0 Å². The first-order chi connectivity index (χ1) is 8.31. The van der Waals surface area contributed by atoms with Crippen LogP contribution in [-0.4, -0.2) is 18.1 Å². The molecule has 0 aromatic carbocycles. The molecule has 1 aromatic heterocycles. The molecule has 0 bridgehead atoms. The molecule has 2 saturated carbocycles. The summed E-state index contributed by atoms with van der Waals surface area (Å²) >= 11 is 0. The van der Waals surface area contributed by atoms with Gasteiger partial charge in [0, 0.05) is 6.54 Å². The van der Waals surface area contributed by atoms with Crippen LogP contribution in [0.5, 0.6) is 5.88 Å². The van der Waals surface area contributed by atoms with Crippen LogP contribution in [0.4, 0.5) is 11.5 Å². The van der Waals surface area contributed by atoms with E-state index in [1.807, 2.05) is 12.1 Å². The summed E-state index contributed by atoms with van der Waals surface area (Å²) < 4.78 is 5.65. The summed E-state index contributed by atoms with van der Waals surface area (Å²) in [7, 11) is 0. The Morgan fingerprint density at radius 2 is 2.00 bits per heavy atom. The highest BCUT2D eigenvalue weighted by Crippen LogP contribution is 2.31. The quantitative estimate of drug-likeness (QED) is 0.791. The standard InChI is InChI=1S/C13H19N3O/c14-11-5-6-12(15-7-9-1-2-9)16-13(11)17-8-10-3-4-10/h5-6,9-10H,1-4,7-8,14H2,(H,15,16). The van der Waals surface area contributed by atoms with Crippen molar-refractivity contribution in [2.75, 3.05) is 24.2 Å². The van der Waals surface area contributed by atoms with E-state index >= 15 is 0 Å². The first kappa shape index (κ1) is 10.7. The molecule has 0 radical (unpaired) electrons. The van der Waals surface area contributed by atoms with Crippen molar-refractivity contribution in [1.29, 1.82) is 0 Å². The van der Waals surface area contributed by atoms with Gasteiger partial charge in [-0.3, -0.25) is 0 Å². The zero-order valence-electron chi connectivity index (χ0n) is 9.98. The van der Waals surface area contributed by atoms with Gasteiger partial charge in [-0.25, -0.2) is 0 Å². The lowest BCUT2D eigenvalue weighted by Gasteiger charge is -2.10. The Morgan fingerprint density at radius 3 is 2.71 bits per heavy atom. The van der Waals surface area contributed by atoms with Gasteiger partial charge in [-0.15, -0.1) is 0 Å². The minimum Gasteiger partial charge on any atom is -0.476 e. The number of nitrogen functional groups attached to an aromatic ring is 1. The van der Waals surface area contributed by atoms with Crippen LogP contribution in [0.25, 0.3) is 0 Å². The van der Waals surface area contributed by atoms with E-state index in [1.165, 1.54) is 25.7 Å². The maximum Gasteiger partial charge on any atom is 0.239 e. The third-order valence-electron chi connectivity index (χ3n) is 3.31. The van der Waals surface area contributed by atoms with Crippen molar-refractivity contribution in [1.82, 2.24) is 4.98 Å². The summed E-state index contributed by atoms with van der Waals surface area (Å²) in [5, 5.41) is 3.33. The minimum atomic E-state index is 0.581. The normalized spacial score (nSPS) is 19.1. The monoisotopic (exact) mass is 233 g/mol. The molecule has 0 amide bonds. The molecule has 2 aliphatic carbocycles. The molecule has 0 aliphatic heterocycles. The fourth-order valence-corrected chi connectivity index (χ4v) is 1.72. The lowest BCUT2D eigenvalue weighted by atomic mass is 10.3. The zero-order chi connectivity index (χ0) is 11.7. The highest BCUT2D eigenvalue weighted by Gasteiger charge is 2.23. The Hall–Kier alpha value is -1.45. The molecule has 2 aliphatic rings. The molecule has 92 valence electrons. The number of nitrogens with zero attached hydrogens (tertiary/aromatic N) is 1. The maximum atomic E-state index is 5.85. The second-order valence-corrected chi connectivity index (χ2v) is 5.17. The zero-order valence-corrected chi connectivity index (χ0v) is 9.98. The van der Waals surface area contributed by atoms with Crippen LogP contribution < -0.4 is 15.8 Å². The van der Waals surface area contributed by atoms with E-state index in [4.69, 9.17) is 10.5 Å². The summed E-state index contributed by atoms with van der Waals surface area (Å²) in [6.45, 7) is 1.77. The molecule has 0 unspecified atom stereocenters. The molecular formula is C13H19N3O. The molecular weight excluding hydrogens is 214 g/mol. The molecule has 0 saturated heterocycles. The van der Waals surface area contributed by atoms with Gasteiger partial charge in [-0.05, 0) is 49.7 Å². The lowest BCUT2D eigenvalue weighted by Crippen LogP contribution is -2.08. The van der Waals surface area contributed by atoms with Crippen LogP contribution in [0.15, 0.2) is 12.1 Å². The number of hydrogen-bond donors (Lipinski definition) is 2. The number of aromatic nitrogens is 1. The fourth-order valence-electron chi connectivity index (χ4n) is 1.72. The van der Waals surface area contributed by atoms with Crippen molar-refractivity contribution in [3.63, 3.8) is 0 Å². The lowest BCUT2D eigenvalue weighted by molar-refractivity contribution is 0.290. The molecule has 3 rings (SSSR count). The molecule has 17 heavy (non-hydrogen) atoms. The second-order valence-electron chi connectivity index (χ2n) is 5.17. The Morgan fingerprint density at radius 1 is 1.24 bits per heavy atom. The molecule has 0 atom stereocenters. The minimum absolute atomic E-state index is 0.581. The van der Waals surface area contributed by atoms with Crippen LogP contribution in [-0.2, 0) is 0 Å². The number of rotatable bonds is 6. The average molecular weight is 233 g/mol. The molecule has 3 N–H and O–H groups in total.